The van der Waals surface area contributed by atoms with Crippen molar-refractivity contribution in [2.75, 3.05) is 25.0 Å². The molecule has 2 aromatic carbocycles. The van der Waals surface area contributed by atoms with E-state index in [4.69, 9.17) is 0 Å². The van der Waals surface area contributed by atoms with Gasteiger partial charge in [0.05, 0.1) is 6.04 Å². The highest BCUT2D eigenvalue weighted by atomic mass is 16.1. The first-order valence-corrected chi connectivity index (χ1v) is 10.3. The molecule has 4 rings (SSSR count). The fourth-order valence-electron chi connectivity index (χ4n) is 4.30. The van der Waals surface area contributed by atoms with Crippen LogP contribution in [0.4, 0.5) is 5.69 Å². The Morgan fingerprint density at radius 2 is 1.93 bits per heavy atom. The van der Waals surface area contributed by atoms with Gasteiger partial charge in [0.2, 0.25) is 0 Å². The number of nitrogens with zero attached hydrogens (tertiary/aromatic N) is 1. The van der Waals surface area contributed by atoms with Crippen molar-refractivity contribution in [1.82, 2.24) is 9.88 Å². The third-order valence-corrected chi connectivity index (χ3v) is 6.02. The van der Waals surface area contributed by atoms with Crippen molar-refractivity contribution in [2.24, 2.45) is 0 Å². The van der Waals surface area contributed by atoms with Crippen LogP contribution in [0, 0.1) is 0 Å². The van der Waals surface area contributed by atoms with E-state index in [0.717, 1.165) is 17.8 Å². The van der Waals surface area contributed by atoms with Crippen molar-refractivity contribution in [3.05, 3.63) is 65.9 Å². The first kappa shape index (κ1) is 18.8. The molecule has 1 unspecified atom stereocenters. The van der Waals surface area contributed by atoms with Crippen LogP contribution in [-0.2, 0) is 0 Å². The standard InChI is InChI=1S/C24H29N3O/c1-3-27-13-11-18(12-14-27)22-16-25-23-10-9-20(15-21(22)23)26-17(2)24(28)19-7-5-4-6-8-19/h4-10,15-18,25-26H,3,11-14H2,1-2H3. The summed E-state index contributed by atoms with van der Waals surface area (Å²) in [5.74, 6) is 0.720. The molecule has 3 aromatic rings. The Morgan fingerprint density at radius 3 is 2.64 bits per heavy atom. The fourth-order valence-corrected chi connectivity index (χ4v) is 4.30. The number of hydrogen-bond donors (Lipinski definition) is 2. The lowest BCUT2D eigenvalue weighted by Gasteiger charge is -2.31. The van der Waals surface area contributed by atoms with E-state index in [-0.39, 0.29) is 11.8 Å². The number of benzene rings is 2. The number of carbonyl (C=O) groups is 1. The Balaban J connectivity index is 1.52. The third-order valence-electron chi connectivity index (χ3n) is 6.02. The van der Waals surface area contributed by atoms with Gasteiger partial charge in [0.1, 0.15) is 0 Å². The normalized spacial score (nSPS) is 16.9. The molecule has 1 aliphatic heterocycles. The lowest BCUT2D eigenvalue weighted by atomic mass is 9.89. The molecule has 1 saturated heterocycles. The summed E-state index contributed by atoms with van der Waals surface area (Å²) >= 11 is 0. The summed E-state index contributed by atoms with van der Waals surface area (Å²) in [7, 11) is 0. The highest BCUT2D eigenvalue weighted by Crippen LogP contribution is 2.34. The van der Waals surface area contributed by atoms with E-state index in [2.05, 4.69) is 46.5 Å². The van der Waals surface area contributed by atoms with E-state index in [1.54, 1.807) is 0 Å². The molecule has 4 nitrogen and oxygen atoms in total. The second-order valence-electron chi connectivity index (χ2n) is 7.81. The molecule has 1 aromatic heterocycles. The molecule has 1 fully saturated rings. The monoisotopic (exact) mass is 375 g/mol. The maximum absolute atomic E-state index is 12.7. The fraction of sp³-hybridized carbons (Fsp3) is 0.375. The lowest BCUT2D eigenvalue weighted by molar-refractivity contribution is 0.0975. The quantitative estimate of drug-likeness (QED) is 0.593. The number of H-pyrrole nitrogens is 1. The second-order valence-corrected chi connectivity index (χ2v) is 7.81. The molecule has 146 valence electrons. The Labute approximate surface area is 166 Å². The number of anilines is 1. The van der Waals surface area contributed by atoms with Crippen LogP contribution in [0.1, 0.15) is 48.5 Å². The van der Waals surface area contributed by atoms with Crippen LogP contribution in [0.2, 0.25) is 0 Å². The Bertz CT molecular complexity index is 939. The number of Topliss-reactive ketones (excluding diaryl/α,β-unsaturated/α-hetero) is 1. The van der Waals surface area contributed by atoms with E-state index < -0.39 is 0 Å². The molecule has 1 aliphatic rings. The van der Waals surface area contributed by atoms with E-state index in [1.165, 1.54) is 42.4 Å². The first-order valence-electron chi connectivity index (χ1n) is 10.3. The molecule has 1 atom stereocenters. The first-order chi connectivity index (χ1) is 13.7. The van der Waals surface area contributed by atoms with Crippen molar-refractivity contribution in [3.63, 3.8) is 0 Å². The summed E-state index contributed by atoms with van der Waals surface area (Å²) in [6.07, 6.45) is 4.60. The number of hydrogen-bond acceptors (Lipinski definition) is 3. The molecular formula is C24H29N3O. The predicted molar refractivity (Wildman–Crippen MR) is 116 cm³/mol. The predicted octanol–water partition coefficient (Wildman–Crippen LogP) is 5.05. The molecule has 28 heavy (non-hydrogen) atoms. The highest BCUT2D eigenvalue weighted by molar-refractivity contribution is 6.01. The molecule has 0 radical (unpaired) electrons. The van der Waals surface area contributed by atoms with Crippen LogP contribution in [-0.4, -0.2) is 41.3 Å². The maximum atomic E-state index is 12.7. The van der Waals surface area contributed by atoms with Crippen LogP contribution in [0.25, 0.3) is 10.9 Å². The topological polar surface area (TPSA) is 48.1 Å². The molecule has 0 bridgehead atoms. The number of aromatic nitrogens is 1. The number of fused-ring (bicyclic) bond motifs is 1. The van der Waals surface area contributed by atoms with Gasteiger partial charge < -0.3 is 15.2 Å². The molecule has 2 heterocycles. The largest absolute Gasteiger partial charge is 0.375 e. The number of aromatic amines is 1. The summed E-state index contributed by atoms with van der Waals surface area (Å²) in [6, 6.07) is 15.6. The van der Waals surface area contributed by atoms with Gasteiger partial charge in [-0.3, -0.25) is 4.79 Å². The van der Waals surface area contributed by atoms with E-state index in [9.17, 15) is 4.79 Å². The molecule has 0 saturated carbocycles. The Hall–Kier alpha value is -2.59. The molecule has 0 amide bonds. The van der Waals surface area contributed by atoms with Crippen molar-refractivity contribution in [3.8, 4) is 0 Å². The van der Waals surface area contributed by atoms with Crippen LogP contribution >= 0.6 is 0 Å². The van der Waals surface area contributed by atoms with Crippen molar-refractivity contribution in [2.45, 2.75) is 38.6 Å². The van der Waals surface area contributed by atoms with Gasteiger partial charge in [-0.2, -0.15) is 0 Å². The summed E-state index contributed by atoms with van der Waals surface area (Å²) in [4.78, 5) is 18.6. The highest BCUT2D eigenvalue weighted by Gasteiger charge is 2.22. The molecule has 0 spiro atoms. The zero-order valence-corrected chi connectivity index (χ0v) is 16.7. The van der Waals surface area contributed by atoms with Crippen molar-refractivity contribution >= 4 is 22.4 Å². The third kappa shape index (κ3) is 3.83. The average Bonchev–Trinajstić information content (AvgIpc) is 3.17. The second kappa shape index (κ2) is 8.19. The van der Waals surface area contributed by atoms with E-state index in [1.807, 2.05) is 37.3 Å². The molecule has 4 heteroatoms. The summed E-state index contributed by atoms with van der Waals surface area (Å²) in [6.45, 7) is 7.66. The minimum atomic E-state index is -0.268. The van der Waals surface area contributed by atoms with Crippen LogP contribution < -0.4 is 5.32 Å². The maximum Gasteiger partial charge on any atom is 0.184 e. The van der Waals surface area contributed by atoms with E-state index >= 15 is 0 Å². The Kier molecular flexibility index (Phi) is 5.49. The zero-order valence-electron chi connectivity index (χ0n) is 16.7. The molecule has 2 N–H and O–H groups in total. The van der Waals surface area contributed by atoms with Crippen LogP contribution in [0.15, 0.2) is 54.7 Å². The number of likely N-dealkylation sites (tertiary alicyclic amines) is 1. The van der Waals surface area contributed by atoms with Gasteiger partial charge in [-0.1, -0.05) is 37.3 Å². The van der Waals surface area contributed by atoms with Crippen molar-refractivity contribution in [1.29, 1.82) is 0 Å². The molecule has 0 aliphatic carbocycles. The average molecular weight is 376 g/mol. The summed E-state index contributed by atoms with van der Waals surface area (Å²) in [5.41, 5.74) is 4.32. The van der Waals surface area contributed by atoms with Gasteiger partial charge in [-0.25, -0.2) is 0 Å². The molecular weight excluding hydrogens is 346 g/mol. The van der Waals surface area contributed by atoms with Gasteiger partial charge in [0.15, 0.2) is 5.78 Å². The number of nitrogens with one attached hydrogen (secondary N) is 2. The number of rotatable bonds is 6. The van der Waals surface area contributed by atoms with Crippen LogP contribution in [0.5, 0.6) is 0 Å². The van der Waals surface area contributed by atoms with E-state index in [0.29, 0.717) is 5.92 Å². The minimum absolute atomic E-state index is 0.113. The SMILES string of the molecule is CCN1CCC(c2c[nH]c3ccc(NC(C)C(=O)c4ccccc4)cc23)CC1. The van der Waals surface area contributed by atoms with Gasteiger partial charge in [-0.05, 0) is 69.1 Å². The zero-order chi connectivity index (χ0) is 19.5. The Morgan fingerprint density at radius 1 is 1.18 bits per heavy atom. The smallest absolute Gasteiger partial charge is 0.184 e. The number of piperidine rings is 1. The van der Waals surface area contributed by atoms with Gasteiger partial charge >= 0.3 is 0 Å². The summed E-state index contributed by atoms with van der Waals surface area (Å²) in [5, 5.41) is 4.67. The lowest BCUT2D eigenvalue weighted by Crippen LogP contribution is -2.32. The van der Waals surface area contributed by atoms with Gasteiger partial charge in [0, 0.05) is 28.4 Å². The van der Waals surface area contributed by atoms with Crippen LogP contribution in [0.3, 0.4) is 0 Å². The number of carbonyl (C=O) groups excluding carboxylic acids is 1. The van der Waals surface area contributed by atoms with Gasteiger partial charge in [-0.15, -0.1) is 0 Å². The minimum Gasteiger partial charge on any atom is -0.375 e. The van der Waals surface area contributed by atoms with Gasteiger partial charge in [0.25, 0.3) is 0 Å². The number of ketones is 1. The summed E-state index contributed by atoms with van der Waals surface area (Å²) < 4.78 is 0. The van der Waals surface area contributed by atoms with Crippen molar-refractivity contribution < 1.29 is 4.79 Å².